The SMILES string of the molecule is Cc1cnc(NN)nc1Sc1ccccn1. The number of rotatable bonds is 3. The molecule has 0 aliphatic heterocycles. The second-order valence-electron chi connectivity index (χ2n) is 3.10. The minimum Gasteiger partial charge on any atom is -0.292 e. The van der Waals surface area contributed by atoms with Crippen LogP contribution >= 0.6 is 11.8 Å². The van der Waals surface area contributed by atoms with Crippen molar-refractivity contribution in [3.8, 4) is 0 Å². The third-order valence-corrected chi connectivity index (χ3v) is 2.95. The number of hydrogen-bond donors (Lipinski definition) is 2. The van der Waals surface area contributed by atoms with Crippen LogP contribution in [0.3, 0.4) is 0 Å². The maximum Gasteiger partial charge on any atom is 0.238 e. The third kappa shape index (κ3) is 2.47. The number of nitrogen functional groups attached to an aromatic ring is 1. The van der Waals surface area contributed by atoms with Crippen LogP contribution in [0.25, 0.3) is 0 Å². The number of nitrogens with zero attached hydrogens (tertiary/aromatic N) is 3. The molecule has 2 rings (SSSR count). The van der Waals surface area contributed by atoms with E-state index in [4.69, 9.17) is 5.84 Å². The first-order valence-electron chi connectivity index (χ1n) is 4.69. The quantitative estimate of drug-likeness (QED) is 0.476. The van der Waals surface area contributed by atoms with Gasteiger partial charge in [-0.25, -0.2) is 20.8 Å². The van der Waals surface area contributed by atoms with Gasteiger partial charge in [0.25, 0.3) is 0 Å². The molecule has 6 heteroatoms. The van der Waals surface area contributed by atoms with Crippen molar-refractivity contribution in [3.63, 3.8) is 0 Å². The number of nitrogens with one attached hydrogen (secondary N) is 1. The molecule has 0 saturated heterocycles. The van der Waals surface area contributed by atoms with E-state index in [0.717, 1.165) is 15.6 Å². The Morgan fingerprint density at radius 2 is 2.19 bits per heavy atom. The lowest BCUT2D eigenvalue weighted by Gasteiger charge is -2.05. The van der Waals surface area contributed by atoms with Crippen LogP contribution in [0.5, 0.6) is 0 Å². The van der Waals surface area contributed by atoms with Crippen LogP contribution < -0.4 is 11.3 Å². The summed E-state index contributed by atoms with van der Waals surface area (Å²) >= 11 is 1.49. The smallest absolute Gasteiger partial charge is 0.238 e. The lowest BCUT2D eigenvalue weighted by Crippen LogP contribution is -2.10. The van der Waals surface area contributed by atoms with E-state index in [-0.39, 0.29) is 0 Å². The summed E-state index contributed by atoms with van der Waals surface area (Å²) in [5.74, 6) is 5.67. The second-order valence-corrected chi connectivity index (χ2v) is 4.11. The van der Waals surface area contributed by atoms with Crippen molar-refractivity contribution in [2.24, 2.45) is 5.84 Å². The summed E-state index contributed by atoms with van der Waals surface area (Å²) in [6.07, 6.45) is 3.48. The molecule has 0 saturated carbocycles. The van der Waals surface area contributed by atoms with E-state index in [2.05, 4.69) is 20.4 Å². The average molecular weight is 233 g/mol. The molecule has 82 valence electrons. The first-order valence-corrected chi connectivity index (χ1v) is 5.50. The zero-order valence-electron chi connectivity index (χ0n) is 8.71. The highest BCUT2D eigenvalue weighted by atomic mass is 32.2. The number of aromatic nitrogens is 3. The highest BCUT2D eigenvalue weighted by molar-refractivity contribution is 7.99. The Bertz CT molecular complexity index is 474. The van der Waals surface area contributed by atoms with Crippen LogP contribution in [0.2, 0.25) is 0 Å². The van der Waals surface area contributed by atoms with Gasteiger partial charge in [0.1, 0.15) is 10.1 Å². The Balaban J connectivity index is 2.27. The number of anilines is 1. The van der Waals surface area contributed by atoms with Gasteiger partial charge in [-0.15, -0.1) is 0 Å². The predicted molar refractivity (Wildman–Crippen MR) is 62.9 cm³/mol. The molecule has 0 fully saturated rings. The molecule has 0 aliphatic carbocycles. The molecule has 3 N–H and O–H groups in total. The minimum absolute atomic E-state index is 0.407. The van der Waals surface area contributed by atoms with Crippen molar-refractivity contribution < 1.29 is 0 Å². The normalized spacial score (nSPS) is 10.1. The van der Waals surface area contributed by atoms with E-state index in [1.54, 1.807) is 12.4 Å². The Hall–Kier alpha value is -1.66. The molecule has 0 bridgehead atoms. The van der Waals surface area contributed by atoms with Gasteiger partial charge in [0.2, 0.25) is 5.95 Å². The summed E-state index contributed by atoms with van der Waals surface area (Å²) in [6, 6.07) is 5.75. The summed E-state index contributed by atoms with van der Waals surface area (Å²) in [6.45, 7) is 1.95. The molecular weight excluding hydrogens is 222 g/mol. The van der Waals surface area contributed by atoms with E-state index in [1.165, 1.54) is 11.8 Å². The van der Waals surface area contributed by atoms with Crippen LogP contribution in [0, 0.1) is 6.92 Å². The zero-order chi connectivity index (χ0) is 11.4. The van der Waals surface area contributed by atoms with Crippen molar-refractivity contribution in [3.05, 3.63) is 36.2 Å². The second kappa shape index (κ2) is 4.91. The summed E-state index contributed by atoms with van der Waals surface area (Å²) in [5, 5.41) is 1.74. The molecule has 0 unspecified atom stereocenters. The molecule has 0 radical (unpaired) electrons. The van der Waals surface area contributed by atoms with Gasteiger partial charge in [-0.05, 0) is 30.8 Å². The van der Waals surface area contributed by atoms with Gasteiger partial charge in [-0.3, -0.25) is 5.43 Å². The van der Waals surface area contributed by atoms with Gasteiger partial charge < -0.3 is 0 Å². The van der Waals surface area contributed by atoms with E-state index >= 15 is 0 Å². The number of aryl methyl sites for hydroxylation is 1. The maximum absolute atomic E-state index is 5.26. The van der Waals surface area contributed by atoms with Crippen molar-refractivity contribution in [2.45, 2.75) is 17.0 Å². The molecule has 0 amide bonds. The first-order chi connectivity index (χ1) is 7.79. The van der Waals surface area contributed by atoms with Gasteiger partial charge in [0.05, 0.1) is 0 Å². The fourth-order valence-electron chi connectivity index (χ4n) is 1.11. The standard InChI is InChI=1S/C10H11N5S/c1-7-6-13-10(15-11)14-9(7)16-8-4-2-3-5-12-8/h2-6H,11H2,1H3,(H,13,14,15). The van der Waals surface area contributed by atoms with Crippen molar-refractivity contribution in [1.82, 2.24) is 15.0 Å². The molecule has 2 heterocycles. The Morgan fingerprint density at radius 1 is 1.31 bits per heavy atom. The van der Waals surface area contributed by atoms with Gasteiger partial charge in [-0.1, -0.05) is 6.07 Å². The lowest BCUT2D eigenvalue weighted by molar-refractivity contribution is 0.987. The van der Waals surface area contributed by atoms with Gasteiger partial charge in [0, 0.05) is 18.0 Å². The molecule has 0 spiro atoms. The molecule has 2 aromatic rings. The lowest BCUT2D eigenvalue weighted by atomic mass is 10.4. The molecule has 0 atom stereocenters. The molecule has 0 aromatic carbocycles. The van der Waals surface area contributed by atoms with E-state index in [9.17, 15) is 0 Å². The topological polar surface area (TPSA) is 76.7 Å². The van der Waals surface area contributed by atoms with Gasteiger partial charge in [-0.2, -0.15) is 0 Å². The molecular formula is C10H11N5S. The van der Waals surface area contributed by atoms with Crippen molar-refractivity contribution in [2.75, 3.05) is 5.43 Å². The summed E-state index contributed by atoms with van der Waals surface area (Å²) in [4.78, 5) is 12.5. The summed E-state index contributed by atoms with van der Waals surface area (Å²) in [5.41, 5.74) is 3.42. The Kier molecular flexibility index (Phi) is 3.33. The fourth-order valence-corrected chi connectivity index (χ4v) is 1.91. The van der Waals surface area contributed by atoms with E-state index in [0.29, 0.717) is 5.95 Å². The van der Waals surface area contributed by atoms with Crippen LogP contribution in [0.1, 0.15) is 5.56 Å². The first kappa shape index (κ1) is 10.8. The fraction of sp³-hybridized carbons (Fsp3) is 0.100. The molecule has 0 aliphatic rings. The van der Waals surface area contributed by atoms with Crippen LogP contribution in [-0.4, -0.2) is 15.0 Å². The van der Waals surface area contributed by atoms with Crippen LogP contribution in [-0.2, 0) is 0 Å². The Morgan fingerprint density at radius 3 is 2.88 bits per heavy atom. The van der Waals surface area contributed by atoms with Gasteiger partial charge in [0.15, 0.2) is 0 Å². The number of hydrazine groups is 1. The Labute approximate surface area is 97.5 Å². The van der Waals surface area contributed by atoms with Gasteiger partial charge >= 0.3 is 0 Å². The van der Waals surface area contributed by atoms with Crippen molar-refractivity contribution >= 4 is 17.7 Å². The van der Waals surface area contributed by atoms with Crippen LogP contribution in [0.15, 0.2) is 40.6 Å². The number of pyridine rings is 1. The molecule has 2 aromatic heterocycles. The van der Waals surface area contributed by atoms with Crippen molar-refractivity contribution in [1.29, 1.82) is 0 Å². The number of nitrogens with two attached hydrogens (primary N) is 1. The zero-order valence-corrected chi connectivity index (χ0v) is 9.53. The van der Waals surface area contributed by atoms with E-state index in [1.807, 2.05) is 25.1 Å². The van der Waals surface area contributed by atoms with E-state index < -0.39 is 0 Å². The maximum atomic E-state index is 5.26. The number of hydrogen-bond acceptors (Lipinski definition) is 6. The predicted octanol–water partition coefficient (Wildman–Crippen LogP) is 1.62. The monoisotopic (exact) mass is 233 g/mol. The molecule has 5 nitrogen and oxygen atoms in total. The minimum atomic E-state index is 0.407. The average Bonchev–Trinajstić information content (AvgIpc) is 2.33. The summed E-state index contributed by atoms with van der Waals surface area (Å²) in [7, 11) is 0. The molecule has 16 heavy (non-hydrogen) atoms. The summed E-state index contributed by atoms with van der Waals surface area (Å²) < 4.78 is 0. The highest BCUT2D eigenvalue weighted by Gasteiger charge is 2.05. The highest BCUT2D eigenvalue weighted by Crippen LogP contribution is 2.26. The largest absolute Gasteiger partial charge is 0.292 e. The third-order valence-electron chi connectivity index (χ3n) is 1.89. The van der Waals surface area contributed by atoms with Crippen LogP contribution in [0.4, 0.5) is 5.95 Å².